The zero-order valence-electron chi connectivity index (χ0n) is 12.0. The van der Waals surface area contributed by atoms with Gasteiger partial charge in [-0.2, -0.15) is 0 Å². The molecule has 2 atom stereocenters. The van der Waals surface area contributed by atoms with Crippen LogP contribution in [0.2, 0.25) is 0 Å². The quantitative estimate of drug-likeness (QED) is 0.709. The van der Waals surface area contributed by atoms with Crippen LogP contribution in [-0.4, -0.2) is 12.1 Å². The minimum atomic E-state index is 0.272. The van der Waals surface area contributed by atoms with Crippen molar-refractivity contribution < 1.29 is 0 Å². The number of rotatable bonds is 3. The zero-order valence-corrected chi connectivity index (χ0v) is 12.0. The molecular formula is C15H31N. The van der Waals surface area contributed by atoms with Gasteiger partial charge in [0.25, 0.3) is 0 Å². The summed E-state index contributed by atoms with van der Waals surface area (Å²) < 4.78 is 0. The van der Waals surface area contributed by atoms with Gasteiger partial charge in [0.05, 0.1) is 0 Å². The van der Waals surface area contributed by atoms with Crippen LogP contribution in [0.5, 0.6) is 0 Å². The second-order valence-electron chi connectivity index (χ2n) is 6.94. The van der Waals surface area contributed by atoms with E-state index in [0.717, 1.165) is 17.8 Å². The Morgan fingerprint density at radius 2 is 1.69 bits per heavy atom. The van der Waals surface area contributed by atoms with Gasteiger partial charge in [0.2, 0.25) is 0 Å². The Labute approximate surface area is 102 Å². The predicted molar refractivity (Wildman–Crippen MR) is 72.7 cm³/mol. The fourth-order valence-electron chi connectivity index (χ4n) is 2.98. The summed E-state index contributed by atoms with van der Waals surface area (Å²) >= 11 is 0. The van der Waals surface area contributed by atoms with Crippen molar-refractivity contribution in [2.24, 2.45) is 17.8 Å². The van der Waals surface area contributed by atoms with Crippen molar-refractivity contribution in [1.29, 1.82) is 0 Å². The zero-order chi connectivity index (χ0) is 12.2. The molecule has 16 heavy (non-hydrogen) atoms. The first kappa shape index (κ1) is 14.0. The third-order valence-electron chi connectivity index (χ3n) is 3.97. The summed E-state index contributed by atoms with van der Waals surface area (Å²) in [5.74, 6) is 2.70. The molecule has 0 aromatic heterocycles. The molecule has 0 aromatic rings. The predicted octanol–water partition coefficient (Wildman–Crippen LogP) is 4.23. The first-order valence-electron chi connectivity index (χ1n) is 7.15. The lowest BCUT2D eigenvalue weighted by Crippen LogP contribution is -2.41. The maximum atomic E-state index is 3.70. The lowest BCUT2D eigenvalue weighted by Gasteiger charge is -2.32. The lowest BCUT2D eigenvalue weighted by atomic mass is 9.79. The van der Waals surface area contributed by atoms with Gasteiger partial charge in [-0.25, -0.2) is 0 Å². The number of hydrogen-bond acceptors (Lipinski definition) is 1. The van der Waals surface area contributed by atoms with Crippen molar-refractivity contribution >= 4 is 0 Å². The largest absolute Gasteiger partial charge is 0.312 e. The molecule has 1 N–H and O–H groups in total. The molecule has 0 heterocycles. The van der Waals surface area contributed by atoms with Crippen molar-refractivity contribution in [2.45, 2.75) is 72.3 Å². The molecule has 0 aromatic carbocycles. The molecule has 96 valence electrons. The maximum Gasteiger partial charge on any atom is 0.00966 e. The molecule has 1 heteroatoms. The molecule has 0 aliphatic heterocycles. The van der Waals surface area contributed by atoms with Gasteiger partial charge in [0.15, 0.2) is 0 Å². The van der Waals surface area contributed by atoms with E-state index in [9.17, 15) is 0 Å². The van der Waals surface area contributed by atoms with Crippen LogP contribution in [0.3, 0.4) is 0 Å². The minimum Gasteiger partial charge on any atom is -0.312 e. The summed E-state index contributed by atoms with van der Waals surface area (Å²) in [4.78, 5) is 0. The van der Waals surface area contributed by atoms with Gasteiger partial charge in [0.1, 0.15) is 0 Å². The first-order valence-corrected chi connectivity index (χ1v) is 7.15. The van der Waals surface area contributed by atoms with Gasteiger partial charge in [0, 0.05) is 5.54 Å². The van der Waals surface area contributed by atoms with Crippen LogP contribution < -0.4 is 5.32 Å². The van der Waals surface area contributed by atoms with Crippen LogP contribution in [0.15, 0.2) is 0 Å². The Balaban J connectivity index is 2.51. The summed E-state index contributed by atoms with van der Waals surface area (Å²) in [6, 6.07) is 0. The Hall–Kier alpha value is -0.0400. The molecule has 1 nitrogen and oxygen atoms in total. The SMILES string of the molecule is CC(C)C1CCCCCC1CNC(C)(C)C. The molecule has 1 aliphatic carbocycles. The Morgan fingerprint density at radius 1 is 1.06 bits per heavy atom. The average molecular weight is 225 g/mol. The van der Waals surface area contributed by atoms with Crippen LogP contribution in [-0.2, 0) is 0 Å². The molecule has 0 radical (unpaired) electrons. The maximum absolute atomic E-state index is 3.70. The third kappa shape index (κ3) is 4.86. The van der Waals surface area contributed by atoms with E-state index >= 15 is 0 Å². The van der Waals surface area contributed by atoms with Crippen LogP contribution in [0.25, 0.3) is 0 Å². The van der Waals surface area contributed by atoms with E-state index in [-0.39, 0.29) is 5.54 Å². The van der Waals surface area contributed by atoms with Crippen molar-refractivity contribution in [3.05, 3.63) is 0 Å². The number of nitrogens with one attached hydrogen (secondary N) is 1. The third-order valence-corrected chi connectivity index (χ3v) is 3.97. The molecular weight excluding hydrogens is 194 g/mol. The highest BCUT2D eigenvalue weighted by Gasteiger charge is 2.26. The van der Waals surface area contributed by atoms with E-state index in [1.807, 2.05) is 0 Å². The molecule has 0 amide bonds. The van der Waals surface area contributed by atoms with Crippen molar-refractivity contribution in [1.82, 2.24) is 5.32 Å². The molecule has 0 bridgehead atoms. The highest BCUT2D eigenvalue weighted by Crippen LogP contribution is 2.33. The molecule has 2 unspecified atom stereocenters. The second-order valence-corrected chi connectivity index (χ2v) is 6.94. The highest BCUT2D eigenvalue weighted by atomic mass is 14.9. The highest BCUT2D eigenvalue weighted by molar-refractivity contribution is 4.80. The van der Waals surface area contributed by atoms with Gasteiger partial charge < -0.3 is 5.32 Å². The summed E-state index contributed by atoms with van der Waals surface area (Å²) in [5.41, 5.74) is 0.272. The molecule has 0 spiro atoms. The summed E-state index contributed by atoms with van der Waals surface area (Å²) in [5, 5.41) is 3.70. The second kappa shape index (κ2) is 6.05. The van der Waals surface area contributed by atoms with Gasteiger partial charge in [-0.05, 0) is 57.9 Å². The summed E-state index contributed by atoms with van der Waals surface area (Å²) in [7, 11) is 0. The minimum absolute atomic E-state index is 0.272. The number of hydrogen-bond donors (Lipinski definition) is 1. The van der Waals surface area contributed by atoms with Gasteiger partial charge in [-0.15, -0.1) is 0 Å². The van der Waals surface area contributed by atoms with Crippen LogP contribution in [0.1, 0.15) is 66.7 Å². The Kier molecular flexibility index (Phi) is 5.30. The van der Waals surface area contributed by atoms with Crippen LogP contribution >= 0.6 is 0 Å². The van der Waals surface area contributed by atoms with Crippen LogP contribution in [0, 0.1) is 17.8 Å². The smallest absolute Gasteiger partial charge is 0.00966 e. The van der Waals surface area contributed by atoms with Gasteiger partial charge in [-0.3, -0.25) is 0 Å². The molecule has 1 aliphatic rings. The fraction of sp³-hybridized carbons (Fsp3) is 1.00. The van der Waals surface area contributed by atoms with E-state index in [4.69, 9.17) is 0 Å². The lowest BCUT2D eigenvalue weighted by molar-refractivity contribution is 0.216. The summed E-state index contributed by atoms with van der Waals surface area (Å²) in [6.45, 7) is 12.8. The molecule has 0 saturated heterocycles. The monoisotopic (exact) mass is 225 g/mol. The molecule has 1 fully saturated rings. The first-order chi connectivity index (χ1) is 7.40. The fourth-order valence-corrected chi connectivity index (χ4v) is 2.98. The van der Waals surface area contributed by atoms with Crippen molar-refractivity contribution in [3.63, 3.8) is 0 Å². The van der Waals surface area contributed by atoms with Gasteiger partial charge >= 0.3 is 0 Å². The molecule has 1 saturated carbocycles. The van der Waals surface area contributed by atoms with Crippen LogP contribution in [0.4, 0.5) is 0 Å². The van der Waals surface area contributed by atoms with Crippen molar-refractivity contribution in [3.8, 4) is 0 Å². The van der Waals surface area contributed by atoms with E-state index in [2.05, 4.69) is 39.9 Å². The van der Waals surface area contributed by atoms with E-state index in [1.165, 1.54) is 38.6 Å². The Bertz CT molecular complexity index is 190. The van der Waals surface area contributed by atoms with Crippen molar-refractivity contribution in [2.75, 3.05) is 6.54 Å². The standard InChI is InChI=1S/C15H31N/c1-12(2)14-10-8-6-7-9-13(14)11-16-15(3,4)5/h12-14,16H,6-11H2,1-5H3. The van der Waals surface area contributed by atoms with E-state index in [0.29, 0.717) is 0 Å². The van der Waals surface area contributed by atoms with E-state index in [1.54, 1.807) is 0 Å². The van der Waals surface area contributed by atoms with E-state index < -0.39 is 0 Å². The average Bonchev–Trinajstić information content (AvgIpc) is 2.38. The normalized spacial score (nSPS) is 28.1. The Morgan fingerprint density at radius 3 is 2.25 bits per heavy atom. The van der Waals surface area contributed by atoms with Gasteiger partial charge in [-0.1, -0.05) is 33.1 Å². The molecule has 1 rings (SSSR count). The topological polar surface area (TPSA) is 12.0 Å². The summed E-state index contributed by atoms with van der Waals surface area (Å²) in [6.07, 6.45) is 7.24.